The fraction of sp³-hybridized carbons (Fsp3) is 0.0909. The maximum Gasteiger partial charge on any atom is 0.0549 e. The van der Waals surface area contributed by atoms with Gasteiger partial charge in [-0.25, -0.2) is 0 Å². The van der Waals surface area contributed by atoms with Crippen molar-refractivity contribution < 1.29 is 0 Å². The third-order valence-electron chi connectivity index (χ3n) is 4.77. The normalized spacial score (nSPS) is 11.9. The minimum Gasteiger partial charge on any atom is -0.309 e. The molecule has 0 fully saturated rings. The number of para-hydroxylation sites is 1. The van der Waals surface area contributed by atoms with Crippen molar-refractivity contribution in [1.29, 1.82) is 0 Å². The predicted octanol–water partition coefficient (Wildman–Crippen LogP) is 5.99. The molecule has 0 amide bonds. The standard InChI is InChI=1S/C22H17N/c1-14-10-16-8-9-17-11-15(2)13-20-22(17)21(16)19(12-14)23(20)18-6-4-3-5-7-18/h3-13H,1-2H3. The first-order chi connectivity index (χ1) is 11.2. The Morgan fingerprint density at radius 2 is 1.13 bits per heavy atom. The fourth-order valence-electron chi connectivity index (χ4n) is 3.91. The van der Waals surface area contributed by atoms with E-state index in [1.165, 1.54) is 49.4 Å². The second-order valence-electron chi connectivity index (χ2n) is 6.50. The molecule has 0 N–H and O–H groups in total. The lowest BCUT2D eigenvalue weighted by Gasteiger charge is -2.08. The van der Waals surface area contributed by atoms with Gasteiger partial charge in [-0.2, -0.15) is 0 Å². The summed E-state index contributed by atoms with van der Waals surface area (Å²) in [7, 11) is 0. The van der Waals surface area contributed by atoms with Crippen molar-refractivity contribution in [2.75, 3.05) is 0 Å². The van der Waals surface area contributed by atoms with Gasteiger partial charge in [0.25, 0.3) is 0 Å². The van der Waals surface area contributed by atoms with Crippen LogP contribution in [0.4, 0.5) is 0 Å². The van der Waals surface area contributed by atoms with E-state index in [1.807, 2.05) is 0 Å². The molecular formula is C22H17N. The second-order valence-corrected chi connectivity index (χ2v) is 6.50. The molecule has 1 nitrogen and oxygen atoms in total. The second kappa shape index (κ2) is 4.36. The van der Waals surface area contributed by atoms with Crippen molar-refractivity contribution in [3.8, 4) is 5.69 Å². The molecule has 1 heteroatoms. The highest BCUT2D eigenvalue weighted by molar-refractivity contribution is 6.24. The van der Waals surface area contributed by atoms with Gasteiger partial charge in [0, 0.05) is 16.5 Å². The van der Waals surface area contributed by atoms with E-state index < -0.39 is 0 Å². The average Bonchev–Trinajstić information content (AvgIpc) is 2.87. The van der Waals surface area contributed by atoms with Crippen LogP contribution in [0.25, 0.3) is 38.3 Å². The lowest BCUT2D eigenvalue weighted by Crippen LogP contribution is -1.93. The number of hydrogen-bond donors (Lipinski definition) is 0. The molecule has 0 aliphatic heterocycles. The molecule has 5 aromatic rings. The van der Waals surface area contributed by atoms with Crippen LogP contribution in [-0.4, -0.2) is 4.57 Å². The summed E-state index contributed by atoms with van der Waals surface area (Å²) in [5.74, 6) is 0. The monoisotopic (exact) mass is 295 g/mol. The molecule has 0 aliphatic carbocycles. The zero-order valence-corrected chi connectivity index (χ0v) is 13.3. The lowest BCUT2D eigenvalue weighted by atomic mass is 9.99. The molecule has 4 aromatic carbocycles. The Labute approximate surface area is 135 Å². The Balaban J connectivity index is 2.13. The molecule has 0 atom stereocenters. The first-order valence-electron chi connectivity index (χ1n) is 8.05. The van der Waals surface area contributed by atoms with Crippen LogP contribution >= 0.6 is 0 Å². The van der Waals surface area contributed by atoms with E-state index in [9.17, 15) is 0 Å². The van der Waals surface area contributed by atoms with Crippen molar-refractivity contribution in [3.05, 3.63) is 77.9 Å². The van der Waals surface area contributed by atoms with Crippen LogP contribution in [0, 0.1) is 13.8 Å². The summed E-state index contributed by atoms with van der Waals surface area (Å²) in [6.45, 7) is 4.36. The molecule has 0 unspecified atom stereocenters. The van der Waals surface area contributed by atoms with E-state index in [0.29, 0.717) is 0 Å². The molecule has 0 radical (unpaired) electrons. The Morgan fingerprint density at radius 3 is 1.65 bits per heavy atom. The van der Waals surface area contributed by atoms with Gasteiger partial charge in [-0.05, 0) is 60.0 Å². The van der Waals surface area contributed by atoms with Crippen LogP contribution in [0.1, 0.15) is 11.1 Å². The van der Waals surface area contributed by atoms with Crippen LogP contribution in [-0.2, 0) is 0 Å². The van der Waals surface area contributed by atoms with E-state index in [1.54, 1.807) is 0 Å². The summed E-state index contributed by atoms with van der Waals surface area (Å²) >= 11 is 0. The van der Waals surface area contributed by atoms with Crippen molar-refractivity contribution in [2.24, 2.45) is 0 Å². The van der Waals surface area contributed by atoms with E-state index in [0.717, 1.165) is 0 Å². The highest BCUT2D eigenvalue weighted by Gasteiger charge is 2.17. The summed E-state index contributed by atoms with van der Waals surface area (Å²) in [5.41, 5.74) is 6.44. The molecule has 0 spiro atoms. The Bertz CT molecular complexity index is 1090. The molecular weight excluding hydrogens is 278 g/mol. The minimum absolute atomic E-state index is 1.22. The van der Waals surface area contributed by atoms with E-state index in [4.69, 9.17) is 0 Å². The van der Waals surface area contributed by atoms with Gasteiger partial charge >= 0.3 is 0 Å². The largest absolute Gasteiger partial charge is 0.309 e. The minimum atomic E-state index is 1.22. The first-order valence-corrected chi connectivity index (χ1v) is 8.05. The molecule has 1 heterocycles. The Hall–Kier alpha value is -2.80. The third kappa shape index (κ3) is 1.68. The zero-order valence-electron chi connectivity index (χ0n) is 13.3. The molecule has 0 saturated heterocycles. The van der Waals surface area contributed by atoms with Crippen molar-refractivity contribution in [2.45, 2.75) is 13.8 Å². The number of aromatic nitrogens is 1. The van der Waals surface area contributed by atoms with E-state index in [-0.39, 0.29) is 0 Å². The summed E-state index contributed by atoms with van der Waals surface area (Å²) in [4.78, 5) is 0. The Morgan fingerprint density at radius 1 is 0.609 bits per heavy atom. The SMILES string of the molecule is Cc1cc2ccc3cc(C)cc4c3c2c(c1)n4-c1ccccc1. The number of nitrogens with zero attached hydrogens (tertiary/aromatic N) is 1. The van der Waals surface area contributed by atoms with Crippen molar-refractivity contribution >= 4 is 32.6 Å². The van der Waals surface area contributed by atoms with Gasteiger partial charge in [-0.15, -0.1) is 0 Å². The van der Waals surface area contributed by atoms with E-state index in [2.05, 4.69) is 85.1 Å². The molecule has 0 bridgehead atoms. The molecule has 110 valence electrons. The van der Waals surface area contributed by atoms with Gasteiger partial charge in [0.1, 0.15) is 0 Å². The summed E-state index contributed by atoms with van der Waals surface area (Å²) in [5, 5.41) is 5.42. The maximum atomic E-state index is 2.41. The number of benzene rings is 4. The van der Waals surface area contributed by atoms with Gasteiger partial charge in [0.05, 0.1) is 11.0 Å². The average molecular weight is 295 g/mol. The summed E-state index contributed by atoms with van der Waals surface area (Å²) in [6.07, 6.45) is 0. The highest BCUT2D eigenvalue weighted by atomic mass is 15.0. The Kier molecular flexibility index (Phi) is 2.41. The van der Waals surface area contributed by atoms with Gasteiger partial charge in [-0.3, -0.25) is 0 Å². The topological polar surface area (TPSA) is 4.93 Å². The van der Waals surface area contributed by atoms with Crippen LogP contribution in [0.2, 0.25) is 0 Å². The predicted molar refractivity (Wildman–Crippen MR) is 98.9 cm³/mol. The molecule has 5 rings (SSSR count). The van der Waals surface area contributed by atoms with Crippen LogP contribution in [0.5, 0.6) is 0 Å². The fourth-order valence-corrected chi connectivity index (χ4v) is 3.91. The van der Waals surface area contributed by atoms with E-state index >= 15 is 0 Å². The lowest BCUT2D eigenvalue weighted by molar-refractivity contribution is 1.18. The molecule has 23 heavy (non-hydrogen) atoms. The van der Waals surface area contributed by atoms with Crippen LogP contribution < -0.4 is 0 Å². The molecule has 1 aromatic heterocycles. The third-order valence-corrected chi connectivity index (χ3v) is 4.77. The number of aryl methyl sites for hydroxylation is 2. The maximum absolute atomic E-state index is 2.41. The molecule has 0 saturated carbocycles. The van der Waals surface area contributed by atoms with Crippen LogP contribution in [0.15, 0.2) is 66.7 Å². The van der Waals surface area contributed by atoms with Crippen molar-refractivity contribution in [1.82, 2.24) is 4.57 Å². The zero-order chi connectivity index (χ0) is 15.6. The number of hydrogen-bond acceptors (Lipinski definition) is 0. The quantitative estimate of drug-likeness (QED) is 0.335. The summed E-state index contributed by atoms with van der Waals surface area (Å²) < 4.78 is 2.41. The van der Waals surface area contributed by atoms with Gasteiger partial charge < -0.3 is 4.57 Å². The first kappa shape index (κ1) is 12.7. The van der Waals surface area contributed by atoms with Gasteiger partial charge in [0.2, 0.25) is 0 Å². The number of rotatable bonds is 1. The van der Waals surface area contributed by atoms with Gasteiger partial charge in [0.15, 0.2) is 0 Å². The van der Waals surface area contributed by atoms with Gasteiger partial charge in [-0.1, -0.05) is 42.5 Å². The van der Waals surface area contributed by atoms with Crippen molar-refractivity contribution in [3.63, 3.8) is 0 Å². The summed E-state index contributed by atoms with van der Waals surface area (Å²) in [6, 6.07) is 24.4. The molecule has 0 aliphatic rings. The smallest absolute Gasteiger partial charge is 0.0549 e. The van der Waals surface area contributed by atoms with Crippen LogP contribution in [0.3, 0.4) is 0 Å². The highest BCUT2D eigenvalue weighted by Crippen LogP contribution is 2.39.